The number of hydrogen-bond acceptors (Lipinski definition) is 2. The summed E-state index contributed by atoms with van der Waals surface area (Å²) in [6.45, 7) is 0. The van der Waals surface area contributed by atoms with Crippen molar-refractivity contribution in [3.63, 3.8) is 0 Å². The van der Waals surface area contributed by atoms with Crippen LogP contribution in [0.4, 0.5) is 83.4 Å². The van der Waals surface area contributed by atoms with Crippen molar-refractivity contribution >= 4 is 5.97 Å². The number of aliphatic carboxylic acids is 1. The number of hydrogen-bond donors (Lipinski definition) is 0. The first-order valence-corrected chi connectivity index (χ1v) is 6.25. The van der Waals surface area contributed by atoms with Crippen molar-refractivity contribution in [3.8, 4) is 0 Å². The Morgan fingerprint density at radius 3 is 0.781 bits per heavy atom. The van der Waals surface area contributed by atoms with E-state index in [4.69, 9.17) is 0 Å². The minimum absolute atomic E-state index is 0. The van der Waals surface area contributed by atoms with Crippen LogP contribution in [0.3, 0.4) is 0 Å². The number of carboxylic acids is 1. The molecule has 196 valence electrons. The minimum Gasteiger partial charge on any atom is -0.544 e. The van der Waals surface area contributed by atoms with Crippen LogP contribution < -0.4 is 5.11 Å². The number of carbonyl (C=O) groups excluding carboxylic acids is 1. The first-order chi connectivity index (χ1) is 12.9. The van der Waals surface area contributed by atoms with Crippen LogP contribution in [-0.2, 0) is 27.2 Å². The summed E-state index contributed by atoms with van der Waals surface area (Å²) in [7, 11) is 0. The molecule has 0 spiro atoms. The van der Waals surface area contributed by atoms with Gasteiger partial charge >= 0.3 is 75.9 Å². The monoisotopic (exact) mass is 620 g/mol. The fourth-order valence-electron chi connectivity index (χ4n) is 1.49. The molecule has 2 nitrogen and oxygen atoms in total. The molecule has 0 saturated heterocycles. The van der Waals surface area contributed by atoms with E-state index >= 15 is 0 Å². The summed E-state index contributed by atoms with van der Waals surface area (Å²) in [4.78, 5) is 9.69. The Morgan fingerprint density at radius 2 is 0.594 bits per heavy atom. The van der Waals surface area contributed by atoms with Gasteiger partial charge in [-0.15, -0.1) is 0 Å². The van der Waals surface area contributed by atoms with Gasteiger partial charge in [-0.2, -0.15) is 83.4 Å². The van der Waals surface area contributed by atoms with Crippen molar-refractivity contribution in [1.82, 2.24) is 0 Å². The maximum Gasteiger partial charge on any atom is 1.00 e. The smallest absolute Gasteiger partial charge is 0.544 e. The van der Waals surface area contributed by atoms with E-state index in [2.05, 4.69) is 0 Å². The van der Waals surface area contributed by atoms with E-state index in [9.17, 15) is 93.3 Å². The number of carboxylic acid groups (broad SMARTS) is 1. The molecule has 22 heteroatoms. The van der Waals surface area contributed by atoms with Gasteiger partial charge in [-0.3, -0.25) is 0 Å². The van der Waals surface area contributed by atoms with E-state index in [-0.39, 0.29) is 22.4 Å². The summed E-state index contributed by atoms with van der Waals surface area (Å²) in [6.07, 6.45) is -7.96. The Hall–Kier alpha value is -1.12. The van der Waals surface area contributed by atoms with Crippen molar-refractivity contribution in [3.05, 3.63) is 0 Å². The standard InChI is InChI=1S/C10HF19O2.Ag/c11-2(12,1(30)31)3(13,14)4(15,16)5(17,18)6(19,20)7(21,22)8(23,24)9(25,26)10(27,28)29;/h(H,30,31);/q;+1/p-1. The average molecular weight is 621 g/mol. The second-order valence-electron chi connectivity index (χ2n) is 5.38. The molecule has 0 aromatic heterocycles. The van der Waals surface area contributed by atoms with Crippen LogP contribution in [-0.4, -0.2) is 59.5 Å². The van der Waals surface area contributed by atoms with Crippen LogP contribution in [0.2, 0.25) is 0 Å². The molecule has 0 radical (unpaired) electrons. The van der Waals surface area contributed by atoms with Crippen LogP contribution in [0.1, 0.15) is 0 Å². The van der Waals surface area contributed by atoms with Gasteiger partial charge in [-0.05, 0) is 0 Å². The summed E-state index contributed by atoms with van der Waals surface area (Å²) in [5.41, 5.74) is 0. The summed E-state index contributed by atoms with van der Waals surface area (Å²) in [5, 5.41) is 9.69. The molecule has 0 bridgehead atoms. The molecule has 0 aromatic carbocycles. The maximum absolute atomic E-state index is 13.1. The van der Waals surface area contributed by atoms with E-state index in [1.165, 1.54) is 0 Å². The van der Waals surface area contributed by atoms with Crippen molar-refractivity contribution in [2.24, 2.45) is 0 Å². The first kappa shape index (κ1) is 33.1. The van der Waals surface area contributed by atoms with Gasteiger partial charge in [0.05, 0.1) is 0 Å². The van der Waals surface area contributed by atoms with Crippen molar-refractivity contribution < 1.29 is 116 Å². The predicted octanol–water partition coefficient (Wildman–Crippen LogP) is 4.38. The summed E-state index contributed by atoms with van der Waals surface area (Å²) in [5.74, 6) is -73.8. The molecule has 0 aliphatic heterocycles. The van der Waals surface area contributed by atoms with E-state index in [1.54, 1.807) is 0 Å². The molecular formula is C10AgF19O2. The molecule has 0 heterocycles. The second kappa shape index (κ2) is 7.98. The SMILES string of the molecule is O=C([O-])C(F)(F)C(F)(F)C(F)(F)C(F)(F)C(F)(F)C(F)(F)C(F)(F)C(F)(F)C(F)(F)F.[Ag+]. The van der Waals surface area contributed by atoms with Crippen molar-refractivity contribution in [2.45, 2.75) is 53.6 Å². The fraction of sp³-hybridized carbons (Fsp3) is 0.900. The Bertz CT molecular complexity index is 707. The van der Waals surface area contributed by atoms with E-state index in [0.717, 1.165) is 0 Å². The summed E-state index contributed by atoms with van der Waals surface area (Å²) >= 11 is 0. The minimum atomic E-state index is -9.08. The number of alkyl halides is 19. The Labute approximate surface area is 176 Å². The third-order valence-electron chi connectivity index (χ3n) is 3.37. The first-order valence-electron chi connectivity index (χ1n) is 6.25. The van der Waals surface area contributed by atoms with Gasteiger partial charge in [0.1, 0.15) is 5.97 Å². The Morgan fingerprint density at radius 1 is 0.406 bits per heavy atom. The molecule has 0 aliphatic carbocycles. The molecule has 0 amide bonds. The summed E-state index contributed by atoms with van der Waals surface area (Å²) in [6, 6.07) is 0. The van der Waals surface area contributed by atoms with Crippen LogP contribution in [0, 0.1) is 0 Å². The molecule has 0 fully saturated rings. The molecule has 0 aliphatic rings. The van der Waals surface area contributed by atoms with E-state index in [1.807, 2.05) is 0 Å². The van der Waals surface area contributed by atoms with Crippen LogP contribution in [0.25, 0.3) is 0 Å². The third-order valence-corrected chi connectivity index (χ3v) is 3.37. The molecule has 32 heavy (non-hydrogen) atoms. The van der Waals surface area contributed by atoms with Gasteiger partial charge in [-0.25, -0.2) is 0 Å². The normalized spacial score (nSPS) is 16.0. The van der Waals surface area contributed by atoms with Crippen molar-refractivity contribution in [1.29, 1.82) is 0 Å². The molecule has 0 rings (SSSR count). The largest absolute Gasteiger partial charge is 1.00 e. The molecule has 0 saturated carbocycles. The van der Waals surface area contributed by atoms with Crippen LogP contribution in [0.15, 0.2) is 0 Å². The Balaban J connectivity index is 0. The molecular weight excluding hydrogens is 621 g/mol. The quantitative estimate of drug-likeness (QED) is 0.299. The van der Waals surface area contributed by atoms with Gasteiger partial charge in [-0.1, -0.05) is 0 Å². The van der Waals surface area contributed by atoms with Gasteiger partial charge in [0.2, 0.25) is 0 Å². The van der Waals surface area contributed by atoms with Gasteiger partial charge < -0.3 is 9.90 Å². The van der Waals surface area contributed by atoms with Gasteiger partial charge in [0.25, 0.3) is 0 Å². The van der Waals surface area contributed by atoms with E-state index in [0.29, 0.717) is 0 Å². The number of carbonyl (C=O) groups is 1. The van der Waals surface area contributed by atoms with Crippen LogP contribution >= 0.6 is 0 Å². The molecule has 0 N–H and O–H groups in total. The molecule has 0 aromatic rings. The predicted molar refractivity (Wildman–Crippen MR) is 50.6 cm³/mol. The maximum atomic E-state index is 13.1. The van der Waals surface area contributed by atoms with Crippen molar-refractivity contribution in [2.75, 3.05) is 0 Å². The third kappa shape index (κ3) is 3.80. The number of rotatable bonds is 8. The van der Waals surface area contributed by atoms with Crippen LogP contribution in [0.5, 0.6) is 0 Å². The second-order valence-corrected chi connectivity index (χ2v) is 5.38. The molecule has 0 atom stereocenters. The zero-order chi connectivity index (χ0) is 26.1. The van der Waals surface area contributed by atoms with E-state index < -0.39 is 59.5 Å². The molecule has 0 unspecified atom stereocenters. The van der Waals surface area contributed by atoms with Gasteiger partial charge in [0.15, 0.2) is 0 Å². The Kier molecular flexibility index (Phi) is 8.24. The number of halogens is 19. The average Bonchev–Trinajstić information content (AvgIpc) is 2.52. The topological polar surface area (TPSA) is 40.1 Å². The summed E-state index contributed by atoms with van der Waals surface area (Å²) < 4.78 is 241. The van der Waals surface area contributed by atoms with Gasteiger partial charge in [0, 0.05) is 0 Å². The zero-order valence-electron chi connectivity index (χ0n) is 13.3. The zero-order valence-corrected chi connectivity index (χ0v) is 14.8. The fourth-order valence-corrected chi connectivity index (χ4v) is 1.49.